The highest BCUT2D eigenvalue weighted by molar-refractivity contribution is 7.91. The van der Waals surface area contributed by atoms with Crippen LogP contribution < -0.4 is 15.2 Å². The second-order valence-corrected chi connectivity index (χ2v) is 6.23. The van der Waals surface area contributed by atoms with E-state index >= 15 is 0 Å². The Kier molecular flexibility index (Phi) is 5.19. The van der Waals surface area contributed by atoms with E-state index in [1.54, 1.807) is 36.4 Å². The van der Waals surface area contributed by atoms with Gasteiger partial charge in [-0.15, -0.1) is 0 Å². The molecule has 0 aliphatic rings. The van der Waals surface area contributed by atoms with E-state index in [9.17, 15) is 8.42 Å². The van der Waals surface area contributed by atoms with Gasteiger partial charge in [0.25, 0.3) is 0 Å². The maximum atomic E-state index is 12.1. The van der Waals surface area contributed by atoms with Crippen molar-refractivity contribution in [3.05, 3.63) is 60.2 Å². The number of rotatable bonds is 7. The minimum atomic E-state index is -3.43. The van der Waals surface area contributed by atoms with Crippen LogP contribution in [-0.2, 0) is 15.8 Å². The molecule has 0 aliphatic carbocycles. The Hall–Kier alpha value is -2.05. The molecule has 0 amide bonds. The van der Waals surface area contributed by atoms with Crippen LogP contribution in [0.3, 0.4) is 0 Å². The summed E-state index contributed by atoms with van der Waals surface area (Å²) in [6, 6.07) is 15.8. The van der Waals surface area contributed by atoms with Crippen LogP contribution >= 0.6 is 0 Å². The monoisotopic (exact) mass is 306 g/mol. The normalized spacial score (nSPS) is 11.1. The van der Waals surface area contributed by atoms with Crippen LogP contribution in [0.5, 0.6) is 5.75 Å². The molecule has 2 aromatic rings. The molecule has 112 valence electrons. The van der Waals surface area contributed by atoms with E-state index in [-0.39, 0.29) is 5.75 Å². The average Bonchev–Trinajstić information content (AvgIpc) is 2.47. The number of nitrogens with one attached hydrogen (secondary N) is 1. The van der Waals surface area contributed by atoms with Gasteiger partial charge in [0.05, 0.1) is 5.75 Å². The van der Waals surface area contributed by atoms with Gasteiger partial charge in [0.15, 0.2) is 0 Å². The smallest absolute Gasteiger partial charge is 0.236 e. The van der Waals surface area contributed by atoms with Crippen molar-refractivity contribution in [1.29, 1.82) is 0 Å². The highest BCUT2D eigenvalue weighted by Gasteiger charge is 2.11. The summed E-state index contributed by atoms with van der Waals surface area (Å²) >= 11 is 0. The molecule has 21 heavy (non-hydrogen) atoms. The zero-order chi connectivity index (χ0) is 15.1. The molecule has 0 aromatic heterocycles. The number of hydrogen-bond acceptors (Lipinski definition) is 4. The maximum absolute atomic E-state index is 12.1. The van der Waals surface area contributed by atoms with E-state index in [0.29, 0.717) is 24.6 Å². The number of ether oxygens (including phenoxy) is 1. The topological polar surface area (TPSA) is 81.4 Å². The summed E-state index contributed by atoms with van der Waals surface area (Å²) in [4.78, 5) is 0. The first kappa shape index (κ1) is 15.3. The first-order chi connectivity index (χ1) is 10.1. The van der Waals surface area contributed by atoms with Crippen LogP contribution in [-0.4, -0.2) is 21.6 Å². The molecule has 3 N–H and O–H groups in total. The van der Waals surface area contributed by atoms with Gasteiger partial charge in [0, 0.05) is 12.2 Å². The fourth-order valence-corrected chi connectivity index (χ4v) is 3.00. The van der Waals surface area contributed by atoms with Crippen molar-refractivity contribution in [3.63, 3.8) is 0 Å². The number of sulfonamides is 1. The van der Waals surface area contributed by atoms with Gasteiger partial charge in [-0.3, -0.25) is 4.72 Å². The van der Waals surface area contributed by atoms with Crippen LogP contribution in [0, 0.1) is 0 Å². The minimum absolute atomic E-state index is 0.0563. The zero-order valence-corrected chi connectivity index (χ0v) is 12.3. The zero-order valence-electron chi connectivity index (χ0n) is 11.5. The molecular formula is C15H18N2O3S. The van der Waals surface area contributed by atoms with Crippen LogP contribution in [0.15, 0.2) is 54.6 Å². The summed E-state index contributed by atoms with van der Waals surface area (Å²) in [5.74, 6) is 0.602. The Morgan fingerprint density at radius 2 is 1.67 bits per heavy atom. The van der Waals surface area contributed by atoms with Crippen molar-refractivity contribution >= 4 is 15.7 Å². The second-order valence-electron chi connectivity index (χ2n) is 4.51. The molecule has 0 fully saturated rings. The molecule has 0 radical (unpaired) electrons. The van der Waals surface area contributed by atoms with Crippen molar-refractivity contribution in [3.8, 4) is 5.75 Å². The Morgan fingerprint density at radius 3 is 2.29 bits per heavy atom. The lowest BCUT2D eigenvalue weighted by Gasteiger charge is -2.09. The molecule has 0 spiro atoms. The molecule has 0 atom stereocenters. The SMILES string of the molecule is NCCOc1ccc(NS(=O)(=O)Cc2ccccc2)cc1. The third kappa shape index (κ3) is 5.09. The molecule has 0 bridgehead atoms. The predicted octanol–water partition coefficient (Wildman–Crippen LogP) is 1.97. The van der Waals surface area contributed by atoms with Gasteiger partial charge in [-0.05, 0) is 29.8 Å². The van der Waals surface area contributed by atoms with Crippen molar-refractivity contribution in [1.82, 2.24) is 0 Å². The predicted molar refractivity (Wildman–Crippen MR) is 83.7 cm³/mol. The molecular weight excluding hydrogens is 288 g/mol. The van der Waals surface area contributed by atoms with E-state index in [4.69, 9.17) is 10.5 Å². The largest absolute Gasteiger partial charge is 0.492 e. The average molecular weight is 306 g/mol. The third-order valence-corrected chi connectivity index (χ3v) is 3.97. The van der Waals surface area contributed by atoms with Gasteiger partial charge in [-0.25, -0.2) is 8.42 Å². The fraction of sp³-hybridized carbons (Fsp3) is 0.200. The molecule has 2 rings (SSSR count). The van der Waals surface area contributed by atoms with E-state index in [1.165, 1.54) is 0 Å². The Bertz CT molecular complexity index is 655. The summed E-state index contributed by atoms with van der Waals surface area (Å²) in [5, 5.41) is 0. The molecule has 0 heterocycles. The van der Waals surface area contributed by atoms with Gasteiger partial charge >= 0.3 is 0 Å². The molecule has 5 nitrogen and oxygen atoms in total. The quantitative estimate of drug-likeness (QED) is 0.819. The molecule has 0 saturated carbocycles. The molecule has 2 aromatic carbocycles. The van der Waals surface area contributed by atoms with Crippen molar-refractivity contribution in [2.75, 3.05) is 17.9 Å². The molecule has 0 unspecified atom stereocenters. The minimum Gasteiger partial charge on any atom is -0.492 e. The highest BCUT2D eigenvalue weighted by Crippen LogP contribution is 2.17. The van der Waals surface area contributed by atoms with E-state index in [1.807, 2.05) is 18.2 Å². The maximum Gasteiger partial charge on any atom is 0.236 e. The first-order valence-corrected chi connectivity index (χ1v) is 8.22. The summed E-state index contributed by atoms with van der Waals surface area (Å²) in [6.45, 7) is 0.866. The summed E-state index contributed by atoms with van der Waals surface area (Å²) < 4.78 is 32.0. The lowest BCUT2D eigenvalue weighted by atomic mass is 10.2. The first-order valence-electron chi connectivity index (χ1n) is 6.56. The summed E-state index contributed by atoms with van der Waals surface area (Å²) in [7, 11) is -3.43. The standard InChI is InChI=1S/C15H18N2O3S/c16-10-11-20-15-8-6-14(7-9-15)17-21(18,19)12-13-4-2-1-3-5-13/h1-9,17H,10-12,16H2. The molecule has 6 heteroatoms. The lowest BCUT2D eigenvalue weighted by Crippen LogP contribution is -2.15. The number of benzene rings is 2. The third-order valence-electron chi connectivity index (χ3n) is 2.71. The van der Waals surface area contributed by atoms with Crippen LogP contribution in [0.1, 0.15) is 5.56 Å². The van der Waals surface area contributed by atoms with Gasteiger partial charge < -0.3 is 10.5 Å². The van der Waals surface area contributed by atoms with Crippen molar-refractivity contribution in [2.24, 2.45) is 5.73 Å². The molecule has 0 aliphatic heterocycles. The number of nitrogens with two attached hydrogens (primary N) is 1. The van der Waals surface area contributed by atoms with Crippen molar-refractivity contribution < 1.29 is 13.2 Å². The van der Waals surface area contributed by atoms with Crippen LogP contribution in [0.25, 0.3) is 0 Å². The Morgan fingerprint density at radius 1 is 1.00 bits per heavy atom. The Balaban J connectivity index is 2.00. The van der Waals surface area contributed by atoms with Gasteiger partial charge in [-0.1, -0.05) is 30.3 Å². The fourth-order valence-electron chi connectivity index (χ4n) is 1.81. The second kappa shape index (κ2) is 7.10. The number of hydrogen-bond donors (Lipinski definition) is 2. The summed E-state index contributed by atoms with van der Waals surface area (Å²) in [5.41, 5.74) is 6.60. The van der Waals surface area contributed by atoms with Crippen molar-refractivity contribution in [2.45, 2.75) is 5.75 Å². The van der Waals surface area contributed by atoms with Crippen LogP contribution in [0.4, 0.5) is 5.69 Å². The van der Waals surface area contributed by atoms with E-state index < -0.39 is 10.0 Å². The van der Waals surface area contributed by atoms with Gasteiger partial charge in [0.1, 0.15) is 12.4 Å². The lowest BCUT2D eigenvalue weighted by molar-refractivity contribution is 0.328. The molecule has 0 saturated heterocycles. The Labute approximate surface area is 124 Å². The van der Waals surface area contributed by atoms with E-state index in [2.05, 4.69) is 4.72 Å². The number of anilines is 1. The van der Waals surface area contributed by atoms with Gasteiger partial charge in [0.2, 0.25) is 10.0 Å². The summed E-state index contributed by atoms with van der Waals surface area (Å²) in [6.07, 6.45) is 0. The van der Waals surface area contributed by atoms with Crippen LogP contribution in [0.2, 0.25) is 0 Å². The van der Waals surface area contributed by atoms with E-state index in [0.717, 1.165) is 5.56 Å². The highest BCUT2D eigenvalue weighted by atomic mass is 32.2. The van der Waals surface area contributed by atoms with Gasteiger partial charge in [-0.2, -0.15) is 0 Å².